The molecule has 0 heterocycles. The van der Waals surface area contributed by atoms with Crippen molar-refractivity contribution < 1.29 is 54.0 Å². The maximum absolute atomic E-state index is 15.1. The van der Waals surface area contributed by atoms with Gasteiger partial charge in [0.25, 0.3) is 5.50 Å². The van der Waals surface area contributed by atoms with Crippen molar-refractivity contribution >= 4 is 22.1 Å². The monoisotopic (exact) mass is 701 g/mol. The fourth-order valence-corrected chi connectivity index (χ4v) is 10.9. The molecule has 4 atom stereocenters. The van der Waals surface area contributed by atoms with Gasteiger partial charge < -0.3 is 14.0 Å². The molecule has 0 saturated heterocycles. The minimum absolute atomic E-state index is 0.00644. The Kier molecular flexibility index (Phi) is 6.84. The Balaban J connectivity index is 1.13. The third-order valence-corrected chi connectivity index (χ3v) is 12.4. The summed E-state index contributed by atoms with van der Waals surface area (Å²) in [5.41, 5.74) is -3.38. The topological polar surface area (TPSA) is 110 Å². The SMILES string of the molecule is O=C(OC(F)(C(F)S(=O)(=O)[O-])C(F)(F)F)C12CC3CC(CC(COC(=O)C45c6ccccc6C(c6ccccc64)c4ccccc45)(C3)C1)C2. The number of alkyl halides is 5. The van der Waals surface area contributed by atoms with Crippen LogP contribution in [0.15, 0.2) is 72.8 Å². The van der Waals surface area contributed by atoms with Gasteiger partial charge in [-0.25, -0.2) is 12.8 Å². The summed E-state index contributed by atoms with van der Waals surface area (Å²) in [6.07, 6.45) is -4.90. The average Bonchev–Trinajstić information content (AvgIpc) is 3.05. The van der Waals surface area contributed by atoms with E-state index < -0.39 is 55.8 Å². The Morgan fingerprint density at radius 3 is 1.71 bits per heavy atom. The quantitative estimate of drug-likeness (QED) is 0.156. The van der Waals surface area contributed by atoms with Gasteiger partial charge in [-0.05, 0) is 83.7 Å². The van der Waals surface area contributed by atoms with E-state index in [-0.39, 0.29) is 43.6 Å². The van der Waals surface area contributed by atoms with E-state index in [0.717, 1.165) is 33.4 Å². The van der Waals surface area contributed by atoms with Crippen LogP contribution in [0.3, 0.4) is 0 Å². The van der Waals surface area contributed by atoms with Gasteiger partial charge in [0.2, 0.25) is 0 Å². The van der Waals surface area contributed by atoms with Crippen molar-refractivity contribution in [2.45, 2.75) is 67.4 Å². The van der Waals surface area contributed by atoms with Crippen molar-refractivity contribution in [1.82, 2.24) is 0 Å². The molecule has 0 N–H and O–H groups in total. The van der Waals surface area contributed by atoms with Gasteiger partial charge in [0.1, 0.15) is 15.5 Å². The Morgan fingerprint density at radius 2 is 1.27 bits per heavy atom. The lowest BCUT2D eigenvalue weighted by atomic mass is 9.44. The highest BCUT2D eigenvalue weighted by Gasteiger charge is 2.71. The summed E-state index contributed by atoms with van der Waals surface area (Å²) >= 11 is 0. The van der Waals surface area contributed by atoms with Gasteiger partial charge >= 0.3 is 24.0 Å². The van der Waals surface area contributed by atoms with Crippen LogP contribution >= 0.6 is 0 Å². The molecule has 7 aliphatic carbocycles. The van der Waals surface area contributed by atoms with Crippen LogP contribution in [0.25, 0.3) is 0 Å². The molecule has 3 aromatic carbocycles. The van der Waals surface area contributed by atoms with Gasteiger partial charge in [-0.1, -0.05) is 72.8 Å². The number of hydrogen-bond acceptors (Lipinski definition) is 7. The molecule has 258 valence electrons. The fraction of sp³-hybridized carbons (Fsp3) is 0.444. The Morgan fingerprint density at radius 1 is 0.796 bits per heavy atom. The fourth-order valence-electron chi connectivity index (χ4n) is 10.4. The van der Waals surface area contributed by atoms with Crippen molar-refractivity contribution in [2.75, 3.05) is 6.61 Å². The second-order valence-electron chi connectivity index (χ2n) is 14.6. The largest absolute Gasteiger partial charge is 0.745 e. The molecule has 10 rings (SSSR count). The molecule has 7 nitrogen and oxygen atoms in total. The van der Waals surface area contributed by atoms with E-state index in [1.165, 1.54) is 0 Å². The molecule has 4 fully saturated rings. The molecule has 0 aromatic heterocycles. The summed E-state index contributed by atoms with van der Waals surface area (Å²) in [5.74, 6) is -8.53. The number of halogens is 5. The number of esters is 2. The number of benzene rings is 3. The van der Waals surface area contributed by atoms with E-state index in [9.17, 15) is 40.1 Å². The number of carbonyl (C=O) groups excluding carboxylic acids is 2. The molecule has 3 aromatic rings. The van der Waals surface area contributed by atoms with Gasteiger partial charge in [-0.15, -0.1) is 0 Å². The smallest absolute Gasteiger partial charge is 0.464 e. The molecule has 6 bridgehead atoms. The molecule has 0 radical (unpaired) electrons. The van der Waals surface area contributed by atoms with Crippen LogP contribution in [-0.4, -0.2) is 49.1 Å². The van der Waals surface area contributed by atoms with E-state index in [4.69, 9.17) is 4.74 Å². The molecule has 13 heteroatoms. The van der Waals surface area contributed by atoms with Crippen LogP contribution < -0.4 is 0 Å². The normalized spacial score (nSPS) is 32.3. The average molecular weight is 702 g/mol. The molecule has 4 saturated carbocycles. The predicted molar refractivity (Wildman–Crippen MR) is 161 cm³/mol. The first-order valence-electron chi connectivity index (χ1n) is 16.1. The Labute approximate surface area is 278 Å². The van der Waals surface area contributed by atoms with E-state index in [1.807, 2.05) is 72.8 Å². The molecular weight excluding hydrogens is 671 g/mol. The van der Waals surface area contributed by atoms with Crippen LogP contribution in [-0.2, 0) is 34.6 Å². The zero-order chi connectivity index (χ0) is 34.8. The zero-order valence-electron chi connectivity index (χ0n) is 25.8. The summed E-state index contributed by atoms with van der Waals surface area (Å²) < 4.78 is 114. The van der Waals surface area contributed by atoms with Crippen LogP contribution in [0.5, 0.6) is 0 Å². The molecule has 4 unspecified atom stereocenters. The first kappa shape index (κ1) is 32.4. The maximum Gasteiger partial charge on any atom is 0.464 e. The van der Waals surface area contributed by atoms with Gasteiger partial charge in [0.15, 0.2) is 0 Å². The maximum atomic E-state index is 15.1. The van der Waals surface area contributed by atoms with Gasteiger partial charge in [-0.2, -0.15) is 17.6 Å². The third-order valence-electron chi connectivity index (χ3n) is 11.6. The molecule has 7 aliphatic rings. The first-order valence-corrected chi connectivity index (χ1v) is 17.6. The van der Waals surface area contributed by atoms with E-state index in [0.29, 0.717) is 19.3 Å². The summed E-state index contributed by atoms with van der Waals surface area (Å²) in [6, 6.07) is 23.1. The van der Waals surface area contributed by atoms with Crippen LogP contribution in [0.4, 0.5) is 22.0 Å². The van der Waals surface area contributed by atoms with Gasteiger partial charge in [0, 0.05) is 11.3 Å². The van der Waals surface area contributed by atoms with Crippen molar-refractivity contribution in [1.29, 1.82) is 0 Å². The summed E-state index contributed by atoms with van der Waals surface area (Å²) in [7, 11) is -6.50. The van der Waals surface area contributed by atoms with Crippen LogP contribution in [0.2, 0.25) is 0 Å². The van der Waals surface area contributed by atoms with E-state index in [2.05, 4.69) is 4.74 Å². The highest BCUT2D eigenvalue weighted by Crippen LogP contribution is 2.67. The lowest BCUT2D eigenvalue weighted by Gasteiger charge is -2.60. The second-order valence-corrected chi connectivity index (χ2v) is 16.0. The lowest BCUT2D eigenvalue weighted by Crippen LogP contribution is -2.61. The second kappa shape index (κ2) is 10.3. The summed E-state index contributed by atoms with van der Waals surface area (Å²) in [5, 5.41) is 0. The van der Waals surface area contributed by atoms with Gasteiger partial charge in [0.05, 0.1) is 12.0 Å². The minimum Gasteiger partial charge on any atom is -0.745 e. The number of ether oxygens (including phenoxy) is 2. The Bertz CT molecular complexity index is 1880. The van der Waals surface area contributed by atoms with Crippen LogP contribution in [0.1, 0.15) is 77.8 Å². The molecule has 0 amide bonds. The molecule has 0 aliphatic heterocycles. The number of carbonyl (C=O) groups is 2. The summed E-state index contributed by atoms with van der Waals surface area (Å²) in [6.45, 7) is -0.188. The Hall–Kier alpha value is -3.84. The predicted octanol–water partition coefficient (Wildman–Crippen LogP) is 6.57. The van der Waals surface area contributed by atoms with E-state index >= 15 is 4.39 Å². The molecular formula is C36H30F5O7S-. The third kappa shape index (κ3) is 4.43. The van der Waals surface area contributed by atoms with Crippen molar-refractivity contribution in [3.05, 3.63) is 106 Å². The lowest BCUT2D eigenvalue weighted by molar-refractivity contribution is -0.335. The summed E-state index contributed by atoms with van der Waals surface area (Å²) in [4.78, 5) is 28.3. The zero-order valence-corrected chi connectivity index (χ0v) is 26.7. The minimum atomic E-state index is -6.50. The van der Waals surface area contributed by atoms with Crippen molar-refractivity contribution in [2.24, 2.45) is 22.7 Å². The van der Waals surface area contributed by atoms with E-state index in [1.54, 1.807) is 0 Å². The number of rotatable bonds is 7. The van der Waals surface area contributed by atoms with Crippen molar-refractivity contribution in [3.8, 4) is 0 Å². The highest BCUT2D eigenvalue weighted by molar-refractivity contribution is 7.86. The van der Waals surface area contributed by atoms with Crippen molar-refractivity contribution in [3.63, 3.8) is 0 Å². The van der Waals surface area contributed by atoms with Crippen LogP contribution in [0, 0.1) is 22.7 Å². The first-order chi connectivity index (χ1) is 23.0. The molecule has 49 heavy (non-hydrogen) atoms. The standard InChI is InChI=1S/C36H31F5O7S/c37-29(49(44,45)46)35(38,36(39,40)41)48-30(42)33-16-20-13-21(17-33)15-32(14-20,18-33)19-47-31(43)34-25-10-4-1-7-22(25)28(23-8-2-5-11-26(23)34)24-9-3-6-12-27(24)34/h1-12,20-21,28-29H,13-19H2,(H,44,45,46)/p-1. The number of hydrogen-bond donors (Lipinski definition) is 0. The molecule has 0 spiro atoms. The highest BCUT2D eigenvalue weighted by atomic mass is 32.2. The van der Waals surface area contributed by atoms with Gasteiger partial charge in [-0.3, -0.25) is 9.59 Å².